The van der Waals surface area contributed by atoms with Gasteiger partial charge in [0.1, 0.15) is 11.6 Å². The smallest absolute Gasteiger partial charge is 0.331 e. The van der Waals surface area contributed by atoms with Crippen molar-refractivity contribution in [2.75, 3.05) is 0 Å². The van der Waals surface area contributed by atoms with Crippen molar-refractivity contribution in [3.05, 3.63) is 40.3 Å². The van der Waals surface area contributed by atoms with Crippen LogP contribution in [-0.2, 0) is 26.2 Å². The van der Waals surface area contributed by atoms with Gasteiger partial charge in [-0.25, -0.2) is 9.59 Å². The molecule has 2 heterocycles. The first-order valence-electron chi connectivity index (χ1n) is 9.03. The van der Waals surface area contributed by atoms with E-state index in [2.05, 4.69) is 5.32 Å². The van der Waals surface area contributed by atoms with Gasteiger partial charge in [0.15, 0.2) is 0 Å². The molecular formula is C20H23N3O5. The molecule has 1 N–H and O–H groups in total. The Bertz CT molecular complexity index is 1050. The van der Waals surface area contributed by atoms with E-state index >= 15 is 0 Å². The molecule has 1 aromatic heterocycles. The maximum atomic E-state index is 12.8. The number of carbonyl (C=O) groups is 3. The molecule has 1 aromatic carbocycles. The SMILES string of the molecule is Cn1c(=O)n(C2CCC(=O)NC2=O)c2cccc(/C=C/C(=O)OC(C)(C)C)c21. The Balaban J connectivity index is 2.04. The molecule has 28 heavy (non-hydrogen) atoms. The van der Waals surface area contributed by atoms with Gasteiger partial charge in [0.05, 0.1) is 11.0 Å². The fourth-order valence-electron chi connectivity index (χ4n) is 3.33. The number of carbonyl (C=O) groups excluding carboxylic acids is 3. The Hall–Kier alpha value is -3.16. The number of nitrogens with zero attached hydrogens (tertiary/aromatic N) is 2. The lowest BCUT2D eigenvalue weighted by atomic mass is 10.1. The first kappa shape index (κ1) is 19.6. The van der Waals surface area contributed by atoms with Gasteiger partial charge < -0.3 is 4.74 Å². The van der Waals surface area contributed by atoms with Gasteiger partial charge in [0.25, 0.3) is 0 Å². The van der Waals surface area contributed by atoms with Crippen molar-refractivity contribution in [2.24, 2.45) is 7.05 Å². The largest absolute Gasteiger partial charge is 0.457 e. The van der Waals surface area contributed by atoms with Crippen LogP contribution in [0.4, 0.5) is 0 Å². The summed E-state index contributed by atoms with van der Waals surface area (Å²) in [6.45, 7) is 5.34. The molecule has 2 aromatic rings. The van der Waals surface area contributed by atoms with Crippen LogP contribution in [0.15, 0.2) is 29.1 Å². The predicted octanol–water partition coefficient (Wildman–Crippen LogP) is 1.67. The summed E-state index contributed by atoms with van der Waals surface area (Å²) >= 11 is 0. The number of nitrogens with one attached hydrogen (secondary N) is 1. The molecule has 1 atom stereocenters. The summed E-state index contributed by atoms with van der Waals surface area (Å²) in [4.78, 5) is 48.5. The Morgan fingerprint density at radius 1 is 1.25 bits per heavy atom. The van der Waals surface area contributed by atoms with Gasteiger partial charge in [-0.3, -0.25) is 24.0 Å². The third-order valence-corrected chi connectivity index (χ3v) is 4.46. The third-order valence-electron chi connectivity index (χ3n) is 4.46. The molecule has 1 fully saturated rings. The maximum absolute atomic E-state index is 12.8. The van der Waals surface area contributed by atoms with E-state index in [1.807, 2.05) is 0 Å². The van der Waals surface area contributed by atoms with Gasteiger partial charge >= 0.3 is 11.7 Å². The number of amides is 2. The topological polar surface area (TPSA) is 99.4 Å². The number of piperidine rings is 1. The summed E-state index contributed by atoms with van der Waals surface area (Å²) < 4.78 is 8.11. The van der Waals surface area contributed by atoms with Crippen molar-refractivity contribution in [1.29, 1.82) is 0 Å². The minimum absolute atomic E-state index is 0.178. The van der Waals surface area contributed by atoms with Crippen LogP contribution in [0.5, 0.6) is 0 Å². The number of imide groups is 1. The highest BCUT2D eigenvalue weighted by molar-refractivity contribution is 6.00. The molecule has 0 spiro atoms. The number of para-hydroxylation sites is 1. The summed E-state index contributed by atoms with van der Waals surface area (Å²) in [5.74, 6) is -1.31. The summed E-state index contributed by atoms with van der Waals surface area (Å²) in [7, 11) is 1.61. The fraction of sp³-hybridized carbons (Fsp3) is 0.400. The van der Waals surface area contributed by atoms with E-state index in [-0.39, 0.29) is 24.4 Å². The van der Waals surface area contributed by atoms with Gasteiger partial charge in [0, 0.05) is 25.1 Å². The molecule has 1 saturated heterocycles. The first-order valence-corrected chi connectivity index (χ1v) is 9.03. The van der Waals surface area contributed by atoms with Gasteiger partial charge in [-0.1, -0.05) is 12.1 Å². The van der Waals surface area contributed by atoms with Gasteiger partial charge in [-0.15, -0.1) is 0 Å². The monoisotopic (exact) mass is 385 g/mol. The number of imidazole rings is 1. The Morgan fingerprint density at radius 2 is 1.96 bits per heavy atom. The zero-order valence-electron chi connectivity index (χ0n) is 16.3. The fourth-order valence-corrected chi connectivity index (χ4v) is 3.33. The molecule has 8 nitrogen and oxygen atoms in total. The number of fused-ring (bicyclic) bond motifs is 1. The second-order valence-corrected chi connectivity index (χ2v) is 7.76. The minimum atomic E-state index is -0.751. The van der Waals surface area contributed by atoms with Gasteiger partial charge in [-0.05, 0) is 39.3 Å². The van der Waals surface area contributed by atoms with Crippen LogP contribution in [0, 0.1) is 0 Å². The van der Waals surface area contributed by atoms with E-state index in [1.165, 1.54) is 15.2 Å². The van der Waals surface area contributed by atoms with Crippen molar-refractivity contribution >= 4 is 34.9 Å². The number of hydrogen-bond acceptors (Lipinski definition) is 5. The second-order valence-electron chi connectivity index (χ2n) is 7.76. The predicted molar refractivity (Wildman–Crippen MR) is 103 cm³/mol. The second kappa shape index (κ2) is 7.10. The lowest BCUT2D eigenvalue weighted by Gasteiger charge is -2.21. The van der Waals surface area contributed by atoms with E-state index in [1.54, 1.807) is 52.1 Å². The lowest BCUT2D eigenvalue weighted by Crippen LogP contribution is -2.44. The standard InChI is InChI=1S/C20H23N3O5/c1-20(2,3)28-16(25)11-8-12-6-5-7-13-17(12)22(4)19(27)23(13)14-9-10-15(24)21-18(14)26/h5-8,11,14H,9-10H2,1-4H3,(H,21,24,26)/b11-8+. The minimum Gasteiger partial charge on any atom is -0.457 e. The normalized spacial score (nSPS) is 17.9. The van der Waals surface area contributed by atoms with Gasteiger partial charge in [0.2, 0.25) is 11.8 Å². The van der Waals surface area contributed by atoms with Crippen LogP contribution in [0.1, 0.15) is 45.2 Å². The zero-order valence-corrected chi connectivity index (χ0v) is 16.3. The number of benzene rings is 1. The van der Waals surface area contributed by atoms with Crippen LogP contribution in [0.3, 0.4) is 0 Å². The molecule has 2 amide bonds. The van der Waals surface area contributed by atoms with Crippen LogP contribution < -0.4 is 11.0 Å². The molecule has 148 valence electrons. The van der Waals surface area contributed by atoms with Crippen LogP contribution in [0.2, 0.25) is 0 Å². The zero-order chi connectivity index (χ0) is 20.6. The van der Waals surface area contributed by atoms with Crippen molar-refractivity contribution in [3.63, 3.8) is 0 Å². The van der Waals surface area contributed by atoms with E-state index in [4.69, 9.17) is 4.74 Å². The summed E-state index contributed by atoms with van der Waals surface area (Å²) in [6.07, 6.45) is 3.34. The quantitative estimate of drug-likeness (QED) is 0.492. The van der Waals surface area contributed by atoms with E-state index in [0.717, 1.165) is 0 Å². The first-order chi connectivity index (χ1) is 13.1. The molecule has 0 aliphatic carbocycles. The van der Waals surface area contributed by atoms with Crippen molar-refractivity contribution < 1.29 is 19.1 Å². The summed E-state index contributed by atoms with van der Waals surface area (Å²) in [5, 5.41) is 2.28. The number of ether oxygens (including phenoxy) is 1. The van der Waals surface area contributed by atoms with Crippen LogP contribution in [0.25, 0.3) is 17.1 Å². The molecule has 3 rings (SSSR count). The van der Waals surface area contributed by atoms with E-state index < -0.39 is 23.5 Å². The highest BCUT2D eigenvalue weighted by atomic mass is 16.6. The number of rotatable bonds is 3. The van der Waals surface area contributed by atoms with Gasteiger partial charge in [-0.2, -0.15) is 0 Å². The lowest BCUT2D eigenvalue weighted by molar-refractivity contribution is -0.148. The highest BCUT2D eigenvalue weighted by Gasteiger charge is 2.31. The average molecular weight is 385 g/mol. The molecule has 0 radical (unpaired) electrons. The number of hydrogen-bond donors (Lipinski definition) is 1. The Morgan fingerprint density at radius 3 is 2.61 bits per heavy atom. The Labute approximate surface area is 161 Å². The number of aromatic nitrogens is 2. The number of aryl methyl sites for hydroxylation is 1. The third kappa shape index (κ3) is 3.76. The van der Waals surface area contributed by atoms with E-state index in [0.29, 0.717) is 16.6 Å². The molecular weight excluding hydrogens is 362 g/mol. The maximum Gasteiger partial charge on any atom is 0.331 e. The number of esters is 1. The highest BCUT2D eigenvalue weighted by Crippen LogP contribution is 2.25. The van der Waals surface area contributed by atoms with Crippen LogP contribution >= 0.6 is 0 Å². The molecule has 0 saturated carbocycles. The molecule has 1 aliphatic rings. The van der Waals surface area contributed by atoms with Crippen molar-refractivity contribution in [2.45, 2.75) is 45.3 Å². The average Bonchev–Trinajstić information content (AvgIpc) is 2.84. The molecule has 8 heteroatoms. The summed E-state index contributed by atoms with van der Waals surface area (Å²) in [6, 6.07) is 4.51. The summed E-state index contributed by atoms with van der Waals surface area (Å²) in [5.41, 5.74) is 0.844. The van der Waals surface area contributed by atoms with E-state index in [9.17, 15) is 19.2 Å². The van der Waals surface area contributed by atoms with Crippen molar-refractivity contribution in [3.8, 4) is 0 Å². The van der Waals surface area contributed by atoms with Crippen molar-refractivity contribution in [1.82, 2.24) is 14.5 Å². The molecule has 1 unspecified atom stereocenters. The Kier molecular flexibility index (Phi) is 4.97. The molecule has 1 aliphatic heterocycles. The molecule has 0 bridgehead atoms. The van der Waals surface area contributed by atoms with Crippen LogP contribution in [-0.4, -0.2) is 32.5 Å².